The molecule has 0 saturated carbocycles. The van der Waals surface area contributed by atoms with Crippen molar-refractivity contribution in [1.82, 2.24) is 0 Å². The molecule has 1 heterocycles. The third-order valence-electron chi connectivity index (χ3n) is 5.14. The van der Waals surface area contributed by atoms with Crippen LogP contribution in [0.3, 0.4) is 0 Å². The van der Waals surface area contributed by atoms with E-state index in [2.05, 4.69) is 26.0 Å². The average molecular weight is 437 g/mol. The van der Waals surface area contributed by atoms with E-state index < -0.39 is 0 Å². The first-order valence-electron chi connectivity index (χ1n) is 11.3. The van der Waals surface area contributed by atoms with Crippen LogP contribution in [0.15, 0.2) is 60.7 Å². The van der Waals surface area contributed by atoms with Crippen molar-refractivity contribution in [2.24, 2.45) is 0 Å². The van der Waals surface area contributed by atoms with Crippen LogP contribution < -0.4 is 9.47 Å². The first kappa shape index (κ1) is 23.1. The molecule has 3 nitrogen and oxygen atoms in total. The van der Waals surface area contributed by atoms with E-state index in [0.717, 1.165) is 30.8 Å². The molecule has 0 atom stereocenters. The average Bonchev–Trinajstić information content (AvgIpc) is 3.28. The lowest BCUT2D eigenvalue weighted by molar-refractivity contribution is 0.0734. The van der Waals surface area contributed by atoms with Gasteiger partial charge in [-0.05, 0) is 73.4 Å². The molecule has 0 N–H and O–H groups in total. The summed E-state index contributed by atoms with van der Waals surface area (Å²) in [5, 5.41) is 0. The Morgan fingerprint density at radius 2 is 1.48 bits per heavy atom. The molecule has 0 fully saturated rings. The Hall–Kier alpha value is -2.59. The maximum absolute atomic E-state index is 12.5. The minimum atomic E-state index is -0.352. The molecule has 0 bridgehead atoms. The zero-order valence-corrected chi connectivity index (χ0v) is 19.4. The quantitative estimate of drug-likeness (QED) is 0.164. The van der Waals surface area contributed by atoms with Gasteiger partial charge in [-0.1, -0.05) is 51.7 Å². The monoisotopic (exact) mass is 436 g/mol. The first-order chi connectivity index (χ1) is 15.2. The van der Waals surface area contributed by atoms with Gasteiger partial charge in [-0.15, -0.1) is 11.3 Å². The van der Waals surface area contributed by atoms with Gasteiger partial charge in [0.05, 0.1) is 12.2 Å². The van der Waals surface area contributed by atoms with Crippen LogP contribution in [0, 0.1) is 0 Å². The third-order valence-corrected chi connectivity index (χ3v) is 6.34. The Balaban J connectivity index is 1.51. The second kappa shape index (κ2) is 12.3. The molecule has 2 aromatic carbocycles. The number of rotatable bonds is 12. The molecule has 4 heteroatoms. The lowest BCUT2D eigenvalue weighted by atomic mass is 10.1. The normalized spacial score (nSPS) is 10.8. The van der Waals surface area contributed by atoms with Gasteiger partial charge in [-0.2, -0.15) is 0 Å². The zero-order chi connectivity index (χ0) is 21.9. The van der Waals surface area contributed by atoms with Crippen molar-refractivity contribution >= 4 is 17.3 Å². The lowest BCUT2D eigenvalue weighted by Crippen LogP contribution is -2.08. The fraction of sp³-hybridized carbons (Fsp3) is 0.370. The maximum atomic E-state index is 12.5. The van der Waals surface area contributed by atoms with Crippen molar-refractivity contribution in [3.63, 3.8) is 0 Å². The van der Waals surface area contributed by atoms with Gasteiger partial charge in [0.25, 0.3) is 0 Å². The van der Waals surface area contributed by atoms with Crippen LogP contribution in [-0.2, 0) is 6.42 Å². The highest BCUT2D eigenvalue weighted by atomic mass is 32.1. The summed E-state index contributed by atoms with van der Waals surface area (Å²) < 4.78 is 11.3. The molecule has 3 aromatic rings. The fourth-order valence-electron chi connectivity index (χ4n) is 3.28. The highest BCUT2D eigenvalue weighted by molar-refractivity contribution is 7.15. The van der Waals surface area contributed by atoms with Crippen molar-refractivity contribution in [1.29, 1.82) is 0 Å². The number of thiophene rings is 1. The van der Waals surface area contributed by atoms with E-state index in [-0.39, 0.29) is 5.97 Å². The Morgan fingerprint density at radius 3 is 2.19 bits per heavy atom. The summed E-state index contributed by atoms with van der Waals surface area (Å²) in [5.41, 5.74) is 1.67. The van der Waals surface area contributed by atoms with Crippen LogP contribution in [0.5, 0.6) is 11.5 Å². The number of carbonyl (C=O) groups is 1. The number of carbonyl (C=O) groups excluding carboxylic acids is 1. The number of ether oxygens (including phenoxy) is 2. The Bertz CT molecular complexity index is 926. The largest absolute Gasteiger partial charge is 0.494 e. The molecule has 0 aliphatic rings. The lowest BCUT2D eigenvalue weighted by Gasteiger charge is -2.08. The molecule has 0 unspecified atom stereocenters. The number of aryl methyl sites for hydroxylation is 1. The second-order valence-electron chi connectivity index (χ2n) is 7.72. The zero-order valence-electron chi connectivity index (χ0n) is 18.6. The number of hydrogen-bond donors (Lipinski definition) is 0. The molecule has 0 spiro atoms. The van der Waals surface area contributed by atoms with Crippen LogP contribution in [0.4, 0.5) is 0 Å². The molecule has 31 heavy (non-hydrogen) atoms. The Labute approximate surface area is 190 Å². The van der Waals surface area contributed by atoms with Gasteiger partial charge >= 0.3 is 5.97 Å². The van der Waals surface area contributed by atoms with E-state index in [0.29, 0.717) is 11.3 Å². The summed E-state index contributed by atoms with van der Waals surface area (Å²) >= 11 is 1.83. The van der Waals surface area contributed by atoms with Gasteiger partial charge in [-0.3, -0.25) is 0 Å². The van der Waals surface area contributed by atoms with Crippen LogP contribution >= 0.6 is 11.3 Å². The molecule has 1 aromatic heterocycles. The van der Waals surface area contributed by atoms with E-state index >= 15 is 0 Å². The number of hydrogen-bond acceptors (Lipinski definition) is 4. The second-order valence-corrected chi connectivity index (χ2v) is 8.89. The van der Waals surface area contributed by atoms with Crippen molar-refractivity contribution in [3.8, 4) is 21.9 Å². The smallest absolute Gasteiger partial charge is 0.343 e. The fourth-order valence-corrected chi connectivity index (χ4v) is 4.33. The summed E-state index contributed by atoms with van der Waals surface area (Å²) in [6.45, 7) is 5.13. The maximum Gasteiger partial charge on any atom is 0.343 e. The van der Waals surface area contributed by atoms with Gasteiger partial charge in [0.15, 0.2) is 0 Å². The topological polar surface area (TPSA) is 35.5 Å². The standard InChI is InChI=1S/C27H32O3S/c1-3-5-7-8-20-29-23-14-16-24(17-15-23)30-27(28)22-12-10-21(11-13-22)26-19-18-25(31-26)9-6-4-2/h10-19H,3-9,20H2,1-2H3. The van der Waals surface area contributed by atoms with Crippen molar-refractivity contribution in [2.75, 3.05) is 6.61 Å². The SMILES string of the molecule is CCCCCCOc1ccc(OC(=O)c2ccc(-c3ccc(CCCC)s3)cc2)cc1. The van der Waals surface area contributed by atoms with Gasteiger partial charge in [0.1, 0.15) is 11.5 Å². The summed E-state index contributed by atoms with van der Waals surface area (Å²) in [5.74, 6) is 0.968. The molecule has 0 aliphatic heterocycles. The summed E-state index contributed by atoms with van der Waals surface area (Å²) in [7, 11) is 0. The number of esters is 1. The van der Waals surface area contributed by atoms with Crippen molar-refractivity contribution in [2.45, 2.75) is 58.8 Å². The predicted molar refractivity (Wildman–Crippen MR) is 129 cm³/mol. The third kappa shape index (κ3) is 7.25. The molecule has 0 aliphatic carbocycles. The minimum Gasteiger partial charge on any atom is -0.494 e. The van der Waals surface area contributed by atoms with E-state index in [1.807, 2.05) is 47.7 Å². The summed E-state index contributed by atoms with van der Waals surface area (Å²) in [6, 6.07) is 19.2. The van der Waals surface area contributed by atoms with E-state index in [1.165, 1.54) is 41.9 Å². The van der Waals surface area contributed by atoms with E-state index in [9.17, 15) is 4.79 Å². The Kier molecular flexibility index (Phi) is 9.16. The molecule has 164 valence electrons. The minimum absolute atomic E-state index is 0.352. The van der Waals surface area contributed by atoms with Gasteiger partial charge in [0, 0.05) is 9.75 Å². The molecule has 0 amide bonds. The number of benzene rings is 2. The van der Waals surface area contributed by atoms with Crippen molar-refractivity contribution < 1.29 is 14.3 Å². The molecule has 0 radical (unpaired) electrons. The van der Waals surface area contributed by atoms with Crippen LogP contribution in [-0.4, -0.2) is 12.6 Å². The first-order valence-corrected chi connectivity index (χ1v) is 12.2. The predicted octanol–water partition coefficient (Wildman–Crippen LogP) is 7.94. The van der Waals surface area contributed by atoms with Gasteiger partial charge in [-0.25, -0.2) is 4.79 Å². The van der Waals surface area contributed by atoms with Gasteiger partial charge in [0.2, 0.25) is 0 Å². The van der Waals surface area contributed by atoms with Crippen LogP contribution in [0.25, 0.3) is 10.4 Å². The molecule has 3 rings (SSSR count). The van der Waals surface area contributed by atoms with E-state index in [4.69, 9.17) is 9.47 Å². The summed E-state index contributed by atoms with van der Waals surface area (Å²) in [4.78, 5) is 15.1. The van der Waals surface area contributed by atoms with Crippen molar-refractivity contribution in [3.05, 3.63) is 71.1 Å². The van der Waals surface area contributed by atoms with Crippen LogP contribution in [0.1, 0.15) is 67.6 Å². The highest BCUT2D eigenvalue weighted by Gasteiger charge is 2.10. The Morgan fingerprint density at radius 1 is 0.774 bits per heavy atom. The van der Waals surface area contributed by atoms with E-state index in [1.54, 1.807) is 12.1 Å². The number of unbranched alkanes of at least 4 members (excludes halogenated alkanes) is 4. The van der Waals surface area contributed by atoms with Gasteiger partial charge < -0.3 is 9.47 Å². The summed E-state index contributed by atoms with van der Waals surface area (Å²) in [6.07, 6.45) is 8.27. The van der Waals surface area contributed by atoms with Crippen LogP contribution in [0.2, 0.25) is 0 Å². The highest BCUT2D eigenvalue weighted by Crippen LogP contribution is 2.29. The molecule has 0 saturated heterocycles. The molecular formula is C27H32O3S. The molecular weight excluding hydrogens is 404 g/mol.